The first-order chi connectivity index (χ1) is 6.73. The molecule has 1 heteroatoms. The maximum absolute atomic E-state index is 2.52. The molecule has 0 aromatic carbocycles. The van der Waals surface area contributed by atoms with Gasteiger partial charge in [0.05, 0.1) is 0 Å². The van der Waals surface area contributed by atoms with Crippen molar-refractivity contribution in [2.45, 2.75) is 83.7 Å². The summed E-state index contributed by atoms with van der Waals surface area (Å²) in [6.45, 7) is 15.1. The Kier molecular flexibility index (Phi) is 4.66. The normalized spacial score (nSPS) is 20.4. The zero-order valence-electron chi connectivity index (χ0n) is 11.7. The Balaban J connectivity index is 2.80. The third-order valence-electron chi connectivity index (χ3n) is 3.99. The van der Waals surface area contributed by atoms with Gasteiger partial charge >= 0.3 is 105 Å². The van der Waals surface area contributed by atoms with Crippen LogP contribution in [0.3, 0.4) is 0 Å². The van der Waals surface area contributed by atoms with Crippen molar-refractivity contribution in [1.82, 2.24) is 0 Å². The third kappa shape index (κ3) is 3.98. The van der Waals surface area contributed by atoms with Crippen LogP contribution >= 0.6 is 0 Å². The first kappa shape index (κ1) is 13.9. The Morgan fingerprint density at radius 3 is 1.47 bits per heavy atom. The van der Waals surface area contributed by atoms with E-state index in [9.17, 15) is 0 Å². The average molecular weight is 312 g/mol. The molecule has 0 radical (unpaired) electrons. The summed E-state index contributed by atoms with van der Waals surface area (Å²) in [4.78, 5) is 0. The van der Waals surface area contributed by atoms with E-state index in [1.807, 2.05) is 0 Å². The quantitative estimate of drug-likeness (QED) is 0.607. The summed E-state index contributed by atoms with van der Waals surface area (Å²) in [6, 6.07) is 0. The van der Waals surface area contributed by atoms with Crippen LogP contribution in [-0.2, 0) is 0 Å². The first-order valence-corrected chi connectivity index (χ1v) is 11.9. The van der Waals surface area contributed by atoms with Gasteiger partial charge in [0.25, 0.3) is 0 Å². The van der Waals surface area contributed by atoms with Gasteiger partial charge in [0, 0.05) is 0 Å². The molecule has 0 unspecified atom stereocenters. The summed E-state index contributed by atoms with van der Waals surface area (Å²) < 4.78 is 2.52. The van der Waals surface area contributed by atoms with Gasteiger partial charge in [-0.1, -0.05) is 0 Å². The Bertz CT molecular complexity index is 174. The van der Waals surface area contributed by atoms with Crippen LogP contribution in [0.5, 0.6) is 0 Å². The minimum absolute atomic E-state index is 0.669. The maximum atomic E-state index is 2.52. The summed E-state index contributed by atoms with van der Waals surface area (Å²) in [5.41, 5.74) is 0. The Morgan fingerprint density at radius 1 is 0.733 bits per heavy atom. The monoisotopic (exact) mass is 312 g/mol. The molecule has 0 heterocycles. The molecule has 0 bridgehead atoms. The van der Waals surface area contributed by atoms with E-state index in [-0.39, 0.29) is 0 Å². The van der Waals surface area contributed by atoms with E-state index in [4.69, 9.17) is 0 Å². The molecule has 0 nitrogen and oxygen atoms in total. The van der Waals surface area contributed by atoms with E-state index >= 15 is 0 Å². The van der Waals surface area contributed by atoms with Crippen molar-refractivity contribution in [3.63, 3.8) is 0 Å². The number of hydrogen-bond donors (Lipinski definition) is 0. The van der Waals surface area contributed by atoms with Crippen molar-refractivity contribution in [3.05, 3.63) is 0 Å². The molecule has 0 aromatic heterocycles. The van der Waals surface area contributed by atoms with Crippen molar-refractivity contribution in [1.29, 1.82) is 0 Å². The van der Waals surface area contributed by atoms with E-state index in [0.29, 0.717) is 6.34 Å². The Morgan fingerprint density at radius 2 is 1.13 bits per heavy atom. The molecule has 1 aliphatic carbocycles. The molecule has 0 amide bonds. The zero-order chi connectivity index (χ0) is 11.7. The first-order valence-electron chi connectivity index (χ1n) is 6.73. The fraction of sp³-hybridized carbons (Fsp3) is 1.00. The molecule has 1 rings (SSSR count). The van der Waals surface area contributed by atoms with E-state index < -0.39 is 21.4 Å². The van der Waals surface area contributed by atoms with Crippen LogP contribution < -0.4 is 0 Å². The van der Waals surface area contributed by atoms with Crippen LogP contribution in [0, 0.1) is 0 Å². The van der Waals surface area contributed by atoms with Gasteiger partial charge in [-0.3, -0.25) is 0 Å². The van der Waals surface area contributed by atoms with E-state index in [2.05, 4.69) is 41.5 Å². The topological polar surface area (TPSA) is 0 Å². The van der Waals surface area contributed by atoms with Gasteiger partial charge in [-0.2, -0.15) is 0 Å². The average Bonchev–Trinajstić information content (AvgIpc) is 2.00. The summed E-state index contributed by atoms with van der Waals surface area (Å²) in [5, 5.41) is 0. The molecule has 88 valence electrons. The Labute approximate surface area is 105 Å². The van der Waals surface area contributed by atoms with Gasteiger partial charge < -0.3 is 0 Å². The summed E-state index contributed by atoms with van der Waals surface area (Å²) >= 11 is -1.49. The number of rotatable bonds is 1. The fourth-order valence-corrected chi connectivity index (χ4v) is 22.9. The molecule has 1 aliphatic rings. The van der Waals surface area contributed by atoms with Gasteiger partial charge in [-0.15, -0.1) is 0 Å². The van der Waals surface area contributed by atoms with Crippen LogP contribution in [0.15, 0.2) is 0 Å². The minimum atomic E-state index is -1.49. The van der Waals surface area contributed by atoms with Gasteiger partial charge in [-0.05, 0) is 0 Å². The summed E-state index contributed by atoms with van der Waals surface area (Å²) in [5.74, 6) is 0. The molecular formula is C14H29In. The molecule has 1 fully saturated rings. The van der Waals surface area contributed by atoms with Gasteiger partial charge in [-0.25, -0.2) is 0 Å². The molecule has 0 saturated heterocycles. The SMILES string of the molecule is C[C](C)(C)[In]([CH]1CCCCC1)[C](C)(C)C. The fourth-order valence-electron chi connectivity index (χ4n) is 4.18. The van der Waals surface area contributed by atoms with Crippen molar-refractivity contribution in [2.24, 2.45) is 0 Å². The second kappa shape index (κ2) is 5.02. The second-order valence-corrected chi connectivity index (χ2v) is 22.9. The molecule has 15 heavy (non-hydrogen) atoms. The third-order valence-corrected chi connectivity index (χ3v) is 19.2. The number of hydrogen-bond acceptors (Lipinski definition) is 0. The molecule has 1 saturated carbocycles. The summed E-state index contributed by atoms with van der Waals surface area (Å²) in [7, 11) is 0. The standard InChI is InChI=1S/C6H11.2C4H9.In/c1-2-4-6-5-3-1;2*1-4(2)3;/h1H,2-6H2;2*1-3H3;. The van der Waals surface area contributed by atoms with Crippen LogP contribution in [-0.4, -0.2) is 21.4 Å². The van der Waals surface area contributed by atoms with E-state index in [1.54, 1.807) is 12.8 Å². The van der Waals surface area contributed by atoms with Crippen molar-refractivity contribution in [3.8, 4) is 0 Å². The molecule has 0 aliphatic heterocycles. The van der Waals surface area contributed by atoms with Crippen molar-refractivity contribution in [2.75, 3.05) is 0 Å². The van der Waals surface area contributed by atoms with Crippen molar-refractivity contribution >= 4 is 21.4 Å². The molecular weight excluding hydrogens is 283 g/mol. The molecule has 0 spiro atoms. The van der Waals surface area contributed by atoms with E-state index in [1.165, 1.54) is 22.9 Å². The summed E-state index contributed by atoms with van der Waals surface area (Å²) in [6.07, 6.45) is 7.67. The predicted octanol–water partition coefficient (Wildman–Crippen LogP) is 5.42. The Hall–Kier alpha value is 0.870. The van der Waals surface area contributed by atoms with Gasteiger partial charge in [0.2, 0.25) is 0 Å². The molecule has 0 atom stereocenters. The van der Waals surface area contributed by atoms with Gasteiger partial charge in [0.15, 0.2) is 0 Å². The second-order valence-electron chi connectivity index (χ2n) is 7.61. The van der Waals surface area contributed by atoms with E-state index in [0.717, 1.165) is 0 Å². The van der Waals surface area contributed by atoms with Crippen LogP contribution in [0.25, 0.3) is 0 Å². The van der Waals surface area contributed by atoms with Crippen LogP contribution in [0.1, 0.15) is 73.6 Å². The molecule has 0 aromatic rings. The molecule has 0 N–H and O–H groups in total. The predicted molar refractivity (Wildman–Crippen MR) is 72.0 cm³/mol. The van der Waals surface area contributed by atoms with Gasteiger partial charge in [0.1, 0.15) is 0 Å². The van der Waals surface area contributed by atoms with Crippen molar-refractivity contribution < 1.29 is 0 Å². The van der Waals surface area contributed by atoms with Crippen LogP contribution in [0.4, 0.5) is 0 Å². The zero-order valence-corrected chi connectivity index (χ0v) is 15.0. The van der Waals surface area contributed by atoms with Crippen LogP contribution in [0.2, 0.25) is 10.0 Å².